The van der Waals surface area contributed by atoms with Gasteiger partial charge in [0.1, 0.15) is 6.61 Å². The Hall–Kier alpha value is -0.940. The second-order valence-electron chi connectivity index (χ2n) is 2.47. The average molecular weight is 171 g/mol. The van der Waals surface area contributed by atoms with E-state index in [4.69, 9.17) is 15.0 Å². The number of nitrogens with two attached hydrogens (primary N) is 1. The van der Waals surface area contributed by atoms with Crippen molar-refractivity contribution in [1.29, 1.82) is 0 Å². The van der Waals surface area contributed by atoms with Gasteiger partial charge in [-0.1, -0.05) is 5.16 Å². The first kappa shape index (κ1) is 9.15. The molecular formula is C7H13N3O2. The summed E-state index contributed by atoms with van der Waals surface area (Å²) in [6, 6.07) is -0.191. The van der Waals surface area contributed by atoms with Gasteiger partial charge < -0.3 is 15.0 Å². The second-order valence-corrected chi connectivity index (χ2v) is 2.47. The molecule has 0 aliphatic rings. The number of nitrogens with zero attached hydrogens (tertiary/aromatic N) is 2. The van der Waals surface area contributed by atoms with Gasteiger partial charge in [-0.15, -0.1) is 0 Å². The predicted octanol–water partition coefficient (Wildman–Crippen LogP) is 0.626. The molecule has 0 fully saturated rings. The monoisotopic (exact) mass is 171 g/mol. The summed E-state index contributed by atoms with van der Waals surface area (Å²) in [6.07, 6.45) is 0. The van der Waals surface area contributed by atoms with E-state index in [1.165, 1.54) is 0 Å². The second kappa shape index (κ2) is 4.18. The van der Waals surface area contributed by atoms with Gasteiger partial charge in [0.2, 0.25) is 0 Å². The highest BCUT2D eigenvalue weighted by atomic mass is 16.5. The summed E-state index contributed by atoms with van der Waals surface area (Å²) in [5.41, 5.74) is 5.53. The lowest BCUT2D eigenvalue weighted by Gasteiger charge is -1.94. The van der Waals surface area contributed by atoms with Crippen molar-refractivity contribution < 1.29 is 9.26 Å². The third kappa shape index (κ3) is 2.28. The number of hydrogen-bond acceptors (Lipinski definition) is 5. The summed E-state index contributed by atoms with van der Waals surface area (Å²) in [7, 11) is 0. The maximum absolute atomic E-state index is 5.53. The Labute approximate surface area is 70.9 Å². The first-order valence-corrected chi connectivity index (χ1v) is 3.89. The first-order valence-electron chi connectivity index (χ1n) is 3.89. The summed E-state index contributed by atoms with van der Waals surface area (Å²) < 4.78 is 9.94. The minimum absolute atomic E-state index is 0.191. The highest BCUT2D eigenvalue weighted by molar-refractivity contribution is 4.89. The Morgan fingerprint density at radius 3 is 2.92 bits per heavy atom. The SMILES string of the molecule is CCOCc1nc([C@H](C)N)no1. The van der Waals surface area contributed by atoms with Crippen molar-refractivity contribution in [1.82, 2.24) is 10.1 Å². The van der Waals surface area contributed by atoms with Gasteiger partial charge >= 0.3 is 0 Å². The number of ether oxygens (including phenoxy) is 1. The standard InChI is InChI=1S/C7H13N3O2/c1-3-11-4-6-9-7(5(2)8)10-12-6/h5H,3-4,8H2,1-2H3/t5-/m0/s1. The largest absolute Gasteiger partial charge is 0.372 e. The molecule has 0 bridgehead atoms. The lowest BCUT2D eigenvalue weighted by molar-refractivity contribution is 0.109. The molecule has 0 unspecified atom stereocenters. The minimum atomic E-state index is -0.191. The van der Waals surface area contributed by atoms with Crippen LogP contribution in [0.2, 0.25) is 0 Å². The van der Waals surface area contributed by atoms with E-state index < -0.39 is 0 Å². The molecule has 5 nitrogen and oxygen atoms in total. The normalized spacial score (nSPS) is 13.2. The quantitative estimate of drug-likeness (QED) is 0.719. The Bertz CT molecular complexity index is 234. The smallest absolute Gasteiger partial charge is 0.252 e. The van der Waals surface area contributed by atoms with E-state index in [-0.39, 0.29) is 6.04 Å². The molecule has 5 heteroatoms. The fourth-order valence-corrected chi connectivity index (χ4v) is 0.701. The van der Waals surface area contributed by atoms with Crippen molar-refractivity contribution >= 4 is 0 Å². The summed E-state index contributed by atoms with van der Waals surface area (Å²) in [5.74, 6) is 0.994. The summed E-state index contributed by atoms with van der Waals surface area (Å²) in [5, 5.41) is 3.68. The van der Waals surface area contributed by atoms with Crippen molar-refractivity contribution in [2.45, 2.75) is 26.5 Å². The van der Waals surface area contributed by atoms with Crippen molar-refractivity contribution in [3.63, 3.8) is 0 Å². The van der Waals surface area contributed by atoms with E-state index in [1.807, 2.05) is 6.92 Å². The van der Waals surface area contributed by atoms with Crippen molar-refractivity contribution in [3.8, 4) is 0 Å². The molecule has 1 aromatic heterocycles. The summed E-state index contributed by atoms with van der Waals surface area (Å²) in [6.45, 7) is 4.70. The highest BCUT2D eigenvalue weighted by Gasteiger charge is 2.08. The third-order valence-electron chi connectivity index (χ3n) is 1.32. The van der Waals surface area contributed by atoms with Crippen molar-refractivity contribution in [2.24, 2.45) is 5.73 Å². The van der Waals surface area contributed by atoms with Crippen LogP contribution in [0.3, 0.4) is 0 Å². The van der Waals surface area contributed by atoms with E-state index in [0.717, 1.165) is 0 Å². The Morgan fingerprint density at radius 2 is 2.42 bits per heavy atom. The van der Waals surface area contributed by atoms with Crippen LogP contribution in [0.15, 0.2) is 4.52 Å². The van der Waals surface area contributed by atoms with Gasteiger partial charge in [-0.05, 0) is 13.8 Å². The van der Waals surface area contributed by atoms with Gasteiger partial charge in [0, 0.05) is 6.61 Å². The molecule has 0 spiro atoms. The fourth-order valence-electron chi connectivity index (χ4n) is 0.701. The van der Waals surface area contributed by atoms with Crippen LogP contribution in [0, 0.1) is 0 Å². The van der Waals surface area contributed by atoms with E-state index in [1.54, 1.807) is 6.92 Å². The Morgan fingerprint density at radius 1 is 1.67 bits per heavy atom. The van der Waals surface area contributed by atoms with Gasteiger partial charge in [0.05, 0.1) is 6.04 Å². The maximum atomic E-state index is 5.53. The van der Waals surface area contributed by atoms with E-state index in [0.29, 0.717) is 24.9 Å². The minimum Gasteiger partial charge on any atom is -0.372 e. The molecule has 1 heterocycles. The highest BCUT2D eigenvalue weighted by Crippen LogP contribution is 2.05. The van der Waals surface area contributed by atoms with E-state index in [9.17, 15) is 0 Å². The molecule has 1 rings (SSSR count). The average Bonchev–Trinajstić information content (AvgIpc) is 2.48. The molecule has 0 radical (unpaired) electrons. The predicted molar refractivity (Wildman–Crippen MR) is 42.2 cm³/mol. The molecule has 12 heavy (non-hydrogen) atoms. The molecule has 68 valence electrons. The van der Waals surface area contributed by atoms with Crippen LogP contribution in [-0.2, 0) is 11.3 Å². The molecule has 1 aromatic rings. The fraction of sp³-hybridized carbons (Fsp3) is 0.714. The summed E-state index contributed by atoms with van der Waals surface area (Å²) >= 11 is 0. The van der Waals surface area contributed by atoms with Crippen molar-refractivity contribution in [3.05, 3.63) is 11.7 Å². The topological polar surface area (TPSA) is 74.2 Å². The van der Waals surface area contributed by atoms with Crippen LogP contribution in [0.25, 0.3) is 0 Å². The molecule has 1 atom stereocenters. The molecule has 0 aliphatic carbocycles. The van der Waals surface area contributed by atoms with Gasteiger partial charge in [-0.2, -0.15) is 4.98 Å². The number of rotatable bonds is 4. The molecule has 0 aromatic carbocycles. The lowest BCUT2D eigenvalue weighted by atomic mass is 10.3. The molecular weight excluding hydrogens is 158 g/mol. The van der Waals surface area contributed by atoms with Crippen LogP contribution >= 0.6 is 0 Å². The Balaban J connectivity index is 2.52. The van der Waals surface area contributed by atoms with Crippen LogP contribution in [0.5, 0.6) is 0 Å². The molecule has 0 saturated carbocycles. The van der Waals surface area contributed by atoms with E-state index >= 15 is 0 Å². The number of hydrogen-bond donors (Lipinski definition) is 1. The zero-order valence-corrected chi connectivity index (χ0v) is 7.28. The molecule has 2 N–H and O–H groups in total. The van der Waals surface area contributed by atoms with Gasteiger partial charge in [-0.3, -0.25) is 0 Å². The molecule has 0 amide bonds. The van der Waals surface area contributed by atoms with Crippen LogP contribution < -0.4 is 5.73 Å². The van der Waals surface area contributed by atoms with Crippen LogP contribution in [0.4, 0.5) is 0 Å². The zero-order valence-electron chi connectivity index (χ0n) is 7.28. The van der Waals surface area contributed by atoms with Gasteiger partial charge in [0.15, 0.2) is 5.82 Å². The molecule has 0 aliphatic heterocycles. The van der Waals surface area contributed by atoms with Crippen LogP contribution in [0.1, 0.15) is 31.6 Å². The number of aromatic nitrogens is 2. The van der Waals surface area contributed by atoms with E-state index in [2.05, 4.69) is 10.1 Å². The van der Waals surface area contributed by atoms with Crippen LogP contribution in [-0.4, -0.2) is 16.7 Å². The summed E-state index contributed by atoms with van der Waals surface area (Å²) in [4.78, 5) is 4.02. The lowest BCUT2D eigenvalue weighted by Crippen LogP contribution is -2.06. The molecule has 0 saturated heterocycles. The van der Waals surface area contributed by atoms with Gasteiger partial charge in [-0.25, -0.2) is 0 Å². The zero-order chi connectivity index (χ0) is 8.97. The maximum Gasteiger partial charge on any atom is 0.252 e. The third-order valence-corrected chi connectivity index (χ3v) is 1.32. The Kier molecular flexibility index (Phi) is 3.19. The van der Waals surface area contributed by atoms with Crippen molar-refractivity contribution in [2.75, 3.05) is 6.61 Å². The first-order chi connectivity index (χ1) is 5.74. The van der Waals surface area contributed by atoms with Gasteiger partial charge in [0.25, 0.3) is 5.89 Å².